The first-order valence-electron chi connectivity index (χ1n) is 5.99. The van der Waals surface area contributed by atoms with Gasteiger partial charge < -0.3 is 19.4 Å². The molecule has 2 unspecified atom stereocenters. The molecule has 0 amide bonds. The Hall–Kier alpha value is -0.0400. The van der Waals surface area contributed by atoms with E-state index >= 15 is 0 Å². The van der Waals surface area contributed by atoms with Crippen molar-refractivity contribution in [3.05, 3.63) is 11.6 Å². The molecule has 0 spiro atoms. The van der Waals surface area contributed by atoms with Crippen molar-refractivity contribution in [2.45, 2.75) is 45.3 Å². The molecule has 8 nitrogen and oxygen atoms in total. The smallest absolute Gasteiger partial charge is 0.367 e. The largest absolute Gasteiger partial charge is 0.481 e. The second kappa shape index (κ2) is 6.38. The van der Waals surface area contributed by atoms with E-state index < -0.39 is 15.6 Å². The van der Waals surface area contributed by atoms with Crippen LogP contribution in [-0.2, 0) is 22.7 Å². The molecule has 20 heavy (non-hydrogen) atoms. The summed E-state index contributed by atoms with van der Waals surface area (Å²) in [4.78, 5) is 25.9. The average molecular weight is 330 g/mol. The van der Waals surface area contributed by atoms with Crippen molar-refractivity contribution in [3.8, 4) is 0 Å². The minimum atomic E-state index is -5.06. The fourth-order valence-corrected chi connectivity index (χ4v) is 3.16. The molecule has 1 saturated heterocycles. The molecular formula is C10H20O8P2. The Morgan fingerprint density at radius 2 is 1.90 bits per heavy atom. The summed E-state index contributed by atoms with van der Waals surface area (Å²) in [6, 6.07) is 0. The van der Waals surface area contributed by atoms with E-state index in [-0.39, 0.29) is 18.3 Å². The summed E-state index contributed by atoms with van der Waals surface area (Å²) in [5, 5.41) is 0. The molecule has 1 fully saturated rings. The summed E-state index contributed by atoms with van der Waals surface area (Å²) >= 11 is 0. The van der Waals surface area contributed by atoms with Gasteiger partial charge in [-0.1, -0.05) is 11.6 Å². The fraction of sp³-hybridized carbons (Fsp3) is 0.800. The molecule has 3 N–H and O–H groups in total. The topological polar surface area (TPSA) is 126 Å². The van der Waals surface area contributed by atoms with Crippen molar-refractivity contribution >= 4 is 15.6 Å². The molecule has 0 saturated carbocycles. The third kappa shape index (κ3) is 7.11. The van der Waals surface area contributed by atoms with E-state index in [1.165, 1.54) is 0 Å². The highest BCUT2D eigenvalue weighted by atomic mass is 31.3. The van der Waals surface area contributed by atoms with Gasteiger partial charge in [-0.25, -0.2) is 9.13 Å². The van der Waals surface area contributed by atoms with E-state index in [0.717, 1.165) is 18.4 Å². The summed E-state index contributed by atoms with van der Waals surface area (Å²) in [6.07, 6.45) is 3.35. The van der Waals surface area contributed by atoms with Crippen LogP contribution in [0.5, 0.6) is 0 Å². The first kappa shape index (κ1) is 18.0. The Bertz CT molecular complexity index is 466. The average Bonchev–Trinajstić information content (AvgIpc) is 2.79. The molecule has 1 aliphatic rings. The van der Waals surface area contributed by atoms with Crippen LogP contribution in [0.1, 0.15) is 33.6 Å². The van der Waals surface area contributed by atoms with Crippen molar-refractivity contribution in [3.63, 3.8) is 0 Å². The second-order valence-corrected chi connectivity index (χ2v) is 7.97. The molecule has 1 rings (SSSR count). The Morgan fingerprint density at radius 1 is 1.35 bits per heavy atom. The lowest BCUT2D eigenvalue weighted by molar-refractivity contribution is 0.191. The Balaban J connectivity index is 2.29. The van der Waals surface area contributed by atoms with Gasteiger partial charge in [-0.15, -0.1) is 0 Å². The zero-order valence-corrected chi connectivity index (χ0v) is 13.3. The molecule has 0 aliphatic carbocycles. The quantitative estimate of drug-likeness (QED) is 0.351. The minimum Gasteiger partial charge on any atom is -0.367 e. The van der Waals surface area contributed by atoms with Gasteiger partial charge in [0.1, 0.15) is 0 Å². The molecule has 1 heterocycles. The van der Waals surface area contributed by atoms with E-state index in [1.54, 1.807) is 6.08 Å². The van der Waals surface area contributed by atoms with Crippen molar-refractivity contribution in [1.82, 2.24) is 0 Å². The van der Waals surface area contributed by atoms with Gasteiger partial charge >= 0.3 is 15.6 Å². The lowest BCUT2D eigenvalue weighted by Crippen LogP contribution is -2.02. The summed E-state index contributed by atoms with van der Waals surface area (Å²) in [6.45, 7) is 5.56. The fourth-order valence-electron chi connectivity index (χ4n) is 1.63. The number of allylic oxidation sites excluding steroid dienone is 1. The standard InChI is InChI=1S/C10H20O8P2/c1-8(4-5-9-10(2,3)17-9)6-7-16-20(14,15)18-19(11,12)13/h6,9H,4-5,7H2,1-3H3,(H,14,15)(H2,11,12,13)/b8-6+. The number of hydrogen-bond donors (Lipinski definition) is 3. The van der Waals surface area contributed by atoms with E-state index in [2.05, 4.69) is 8.83 Å². The van der Waals surface area contributed by atoms with Crippen molar-refractivity contribution in [1.29, 1.82) is 0 Å². The number of ether oxygens (including phenoxy) is 1. The van der Waals surface area contributed by atoms with Crippen LogP contribution in [0.25, 0.3) is 0 Å². The lowest BCUT2D eigenvalue weighted by Gasteiger charge is -2.11. The molecular weight excluding hydrogens is 310 g/mol. The second-order valence-electron chi connectivity index (χ2n) is 5.14. The van der Waals surface area contributed by atoms with Crippen LogP contribution in [0.15, 0.2) is 11.6 Å². The maximum Gasteiger partial charge on any atom is 0.481 e. The number of rotatable bonds is 8. The SMILES string of the molecule is C/C(=C\COP(=O)(O)OP(=O)(O)O)CCC1OC1(C)C. The van der Waals surface area contributed by atoms with Gasteiger partial charge in [0.2, 0.25) is 0 Å². The van der Waals surface area contributed by atoms with Gasteiger partial charge in [0.15, 0.2) is 0 Å². The van der Waals surface area contributed by atoms with Crippen LogP contribution in [0.2, 0.25) is 0 Å². The highest BCUT2D eigenvalue weighted by Gasteiger charge is 2.46. The molecule has 0 aromatic rings. The Kier molecular flexibility index (Phi) is 5.75. The lowest BCUT2D eigenvalue weighted by atomic mass is 10.0. The molecule has 2 atom stereocenters. The number of hydrogen-bond acceptors (Lipinski definition) is 5. The molecule has 0 bridgehead atoms. The van der Waals surface area contributed by atoms with Crippen molar-refractivity contribution in [2.24, 2.45) is 0 Å². The van der Waals surface area contributed by atoms with Gasteiger partial charge in [-0.3, -0.25) is 4.52 Å². The number of epoxide rings is 1. The first-order chi connectivity index (χ1) is 8.91. The molecule has 118 valence electrons. The normalized spacial score (nSPS) is 25.3. The molecule has 0 radical (unpaired) electrons. The Morgan fingerprint density at radius 3 is 2.35 bits per heavy atom. The third-order valence-corrected chi connectivity index (χ3v) is 5.00. The van der Waals surface area contributed by atoms with Gasteiger partial charge in [-0.05, 0) is 33.6 Å². The van der Waals surface area contributed by atoms with Crippen molar-refractivity contribution < 1.29 is 37.4 Å². The van der Waals surface area contributed by atoms with Gasteiger partial charge in [-0.2, -0.15) is 4.31 Å². The Labute approximate surface area is 117 Å². The monoisotopic (exact) mass is 330 g/mol. The zero-order valence-electron chi connectivity index (χ0n) is 11.6. The molecule has 10 heteroatoms. The van der Waals surface area contributed by atoms with Gasteiger partial charge in [0, 0.05) is 0 Å². The van der Waals surface area contributed by atoms with E-state index in [4.69, 9.17) is 19.4 Å². The van der Waals surface area contributed by atoms with E-state index in [1.807, 2.05) is 20.8 Å². The van der Waals surface area contributed by atoms with Gasteiger partial charge in [0.05, 0.1) is 18.3 Å². The summed E-state index contributed by atoms with van der Waals surface area (Å²) in [5.41, 5.74) is 0.849. The predicted octanol–water partition coefficient (Wildman–Crippen LogP) is 2.12. The summed E-state index contributed by atoms with van der Waals surface area (Å²) < 4.78 is 35.1. The highest BCUT2D eigenvalue weighted by Crippen LogP contribution is 2.57. The molecule has 0 aromatic carbocycles. The minimum absolute atomic E-state index is 0.0746. The zero-order chi connectivity index (χ0) is 15.6. The molecule has 0 aromatic heterocycles. The first-order valence-corrected chi connectivity index (χ1v) is 9.01. The van der Waals surface area contributed by atoms with Crippen LogP contribution in [0, 0.1) is 0 Å². The van der Waals surface area contributed by atoms with E-state index in [9.17, 15) is 9.13 Å². The summed E-state index contributed by atoms with van der Waals surface area (Å²) in [5.74, 6) is 0. The van der Waals surface area contributed by atoms with Gasteiger partial charge in [0.25, 0.3) is 0 Å². The number of phosphoric acid groups is 2. The molecule has 1 aliphatic heterocycles. The third-order valence-electron chi connectivity index (χ3n) is 2.84. The van der Waals surface area contributed by atoms with Crippen LogP contribution in [0.3, 0.4) is 0 Å². The maximum absolute atomic E-state index is 11.1. The van der Waals surface area contributed by atoms with Crippen LogP contribution in [-0.4, -0.2) is 33.0 Å². The summed E-state index contributed by atoms with van der Waals surface area (Å²) in [7, 11) is -9.81. The van der Waals surface area contributed by atoms with Crippen LogP contribution < -0.4 is 0 Å². The van der Waals surface area contributed by atoms with Crippen LogP contribution in [0.4, 0.5) is 0 Å². The van der Waals surface area contributed by atoms with Crippen LogP contribution >= 0.6 is 15.6 Å². The predicted molar refractivity (Wildman–Crippen MR) is 70.8 cm³/mol. The van der Waals surface area contributed by atoms with Crippen molar-refractivity contribution in [2.75, 3.05) is 6.61 Å². The number of phosphoric ester groups is 1. The highest BCUT2D eigenvalue weighted by molar-refractivity contribution is 7.60. The maximum atomic E-state index is 11.1. The van der Waals surface area contributed by atoms with E-state index in [0.29, 0.717) is 0 Å².